The minimum atomic E-state index is -4.75. The zero-order chi connectivity index (χ0) is 29.4. The third-order valence-electron chi connectivity index (χ3n) is 6.62. The molecule has 0 saturated heterocycles. The summed E-state index contributed by atoms with van der Waals surface area (Å²) in [4.78, 5) is 13.1. The molecule has 1 amide bonds. The van der Waals surface area contributed by atoms with E-state index in [-0.39, 0.29) is 17.4 Å². The summed E-state index contributed by atoms with van der Waals surface area (Å²) in [6.45, 7) is 1.59. The average Bonchev–Trinajstić information content (AvgIpc) is 3.11. The van der Waals surface area contributed by atoms with E-state index >= 15 is 0 Å². The molecule has 3 aromatic carbocycles. The van der Waals surface area contributed by atoms with Gasteiger partial charge in [-0.15, -0.1) is 13.2 Å². The van der Waals surface area contributed by atoms with Crippen molar-refractivity contribution in [2.45, 2.75) is 25.6 Å². The number of carbonyl (C=O) groups is 1. The van der Waals surface area contributed by atoms with Gasteiger partial charge in [-0.05, 0) is 89.1 Å². The number of amides is 1. The highest BCUT2D eigenvalue weighted by Crippen LogP contribution is 2.41. The molecule has 9 heteroatoms. The predicted octanol–water partition coefficient (Wildman–Crippen LogP) is 6.20. The summed E-state index contributed by atoms with van der Waals surface area (Å²) >= 11 is 0. The van der Waals surface area contributed by atoms with Crippen LogP contribution >= 0.6 is 0 Å². The molecular weight excluding hydrogens is 533 g/mol. The summed E-state index contributed by atoms with van der Waals surface area (Å²) in [6, 6.07) is 19.0. The van der Waals surface area contributed by atoms with E-state index in [1.165, 1.54) is 23.1 Å². The number of aryl methyl sites for hydroxylation is 1. The molecule has 1 aliphatic carbocycles. The van der Waals surface area contributed by atoms with Gasteiger partial charge in [0.05, 0.1) is 0 Å². The van der Waals surface area contributed by atoms with Crippen LogP contribution in [0.1, 0.15) is 35.1 Å². The summed E-state index contributed by atoms with van der Waals surface area (Å²) < 4.78 is 48.0. The van der Waals surface area contributed by atoms with Crippen molar-refractivity contribution in [1.82, 2.24) is 10.2 Å². The lowest BCUT2D eigenvalue weighted by Gasteiger charge is -2.18. The number of phenols is 1. The Kier molecular flexibility index (Phi) is 9.73. The topological polar surface area (TPSA) is 71.0 Å². The van der Waals surface area contributed by atoms with E-state index < -0.39 is 6.36 Å². The standard InChI is InChI=1S/C32H33F3N2O4/c1-37(2)30(39)7-4-18-36-19-20-40-26-13-10-23(11-14-26)31-28(6-3-5-24-21-25(38)12-17-29(24)31)22-8-15-27(16-9-22)41-32(33,34)35/h4,7-17,21,36,38H,3,5-6,18-20H2,1-2H3/b7-4+. The summed E-state index contributed by atoms with van der Waals surface area (Å²) in [7, 11) is 3.40. The third kappa shape index (κ3) is 8.38. The zero-order valence-electron chi connectivity index (χ0n) is 23.0. The molecule has 0 unspecified atom stereocenters. The van der Waals surface area contributed by atoms with Gasteiger partial charge in [0.1, 0.15) is 23.9 Å². The van der Waals surface area contributed by atoms with Crippen molar-refractivity contribution in [3.63, 3.8) is 0 Å². The second kappa shape index (κ2) is 13.4. The lowest BCUT2D eigenvalue weighted by Crippen LogP contribution is -2.22. The molecule has 0 radical (unpaired) electrons. The van der Waals surface area contributed by atoms with E-state index in [4.69, 9.17) is 4.74 Å². The molecule has 216 valence electrons. The van der Waals surface area contributed by atoms with Crippen LogP contribution in [0, 0.1) is 0 Å². The molecule has 0 spiro atoms. The first-order chi connectivity index (χ1) is 19.6. The Hall–Kier alpha value is -4.24. The van der Waals surface area contributed by atoms with Crippen molar-refractivity contribution in [1.29, 1.82) is 0 Å². The van der Waals surface area contributed by atoms with Crippen molar-refractivity contribution in [3.8, 4) is 17.2 Å². The number of fused-ring (bicyclic) bond motifs is 1. The Bertz CT molecular complexity index is 1400. The molecule has 3 aromatic rings. The molecule has 0 aliphatic heterocycles. The van der Waals surface area contributed by atoms with Gasteiger partial charge in [-0.25, -0.2) is 0 Å². The van der Waals surface area contributed by atoms with E-state index in [9.17, 15) is 23.1 Å². The fraction of sp³-hybridized carbons (Fsp3) is 0.281. The number of carbonyl (C=O) groups excluding carboxylic acids is 1. The zero-order valence-corrected chi connectivity index (χ0v) is 23.0. The fourth-order valence-electron chi connectivity index (χ4n) is 4.70. The van der Waals surface area contributed by atoms with Crippen molar-refractivity contribution >= 4 is 17.1 Å². The van der Waals surface area contributed by atoms with Crippen LogP contribution in [0.15, 0.2) is 78.9 Å². The van der Waals surface area contributed by atoms with Gasteiger partial charge in [-0.3, -0.25) is 4.79 Å². The Balaban J connectivity index is 1.53. The lowest BCUT2D eigenvalue weighted by molar-refractivity contribution is -0.274. The monoisotopic (exact) mass is 566 g/mol. The minimum Gasteiger partial charge on any atom is -0.508 e. The Morgan fingerprint density at radius 3 is 2.34 bits per heavy atom. The molecule has 0 atom stereocenters. The van der Waals surface area contributed by atoms with E-state index in [0.29, 0.717) is 31.9 Å². The van der Waals surface area contributed by atoms with Crippen LogP contribution in [0.2, 0.25) is 0 Å². The van der Waals surface area contributed by atoms with E-state index in [1.807, 2.05) is 30.3 Å². The Morgan fingerprint density at radius 1 is 0.976 bits per heavy atom. The number of alkyl halides is 3. The van der Waals surface area contributed by atoms with Gasteiger partial charge in [0.2, 0.25) is 5.91 Å². The Morgan fingerprint density at radius 2 is 1.66 bits per heavy atom. The average molecular weight is 567 g/mol. The number of nitrogens with one attached hydrogen (secondary N) is 1. The summed E-state index contributed by atoms with van der Waals surface area (Å²) in [5.74, 6) is 0.556. The van der Waals surface area contributed by atoms with Crippen molar-refractivity contribution in [3.05, 3.63) is 101 Å². The van der Waals surface area contributed by atoms with E-state index in [0.717, 1.165) is 46.2 Å². The normalized spacial score (nSPS) is 13.6. The molecule has 2 N–H and O–H groups in total. The second-order valence-corrected chi connectivity index (χ2v) is 9.83. The number of allylic oxidation sites excluding steroid dienone is 1. The summed E-state index contributed by atoms with van der Waals surface area (Å²) in [6.07, 6.45) is 0.833. The maximum Gasteiger partial charge on any atom is 0.573 e. The van der Waals surface area contributed by atoms with Crippen molar-refractivity contribution < 1.29 is 32.5 Å². The molecule has 6 nitrogen and oxygen atoms in total. The highest BCUT2D eigenvalue weighted by Gasteiger charge is 2.31. The van der Waals surface area contributed by atoms with Crippen LogP contribution in [0.3, 0.4) is 0 Å². The third-order valence-corrected chi connectivity index (χ3v) is 6.62. The molecule has 0 heterocycles. The van der Waals surface area contributed by atoms with E-state index in [1.54, 1.807) is 44.4 Å². The van der Waals surface area contributed by atoms with Crippen LogP contribution in [-0.4, -0.2) is 56.1 Å². The number of nitrogens with zero attached hydrogens (tertiary/aromatic N) is 1. The van der Waals surface area contributed by atoms with Gasteiger partial charge in [-0.1, -0.05) is 36.4 Å². The van der Waals surface area contributed by atoms with Gasteiger partial charge in [0.15, 0.2) is 0 Å². The smallest absolute Gasteiger partial charge is 0.508 e. The minimum absolute atomic E-state index is 0.0676. The number of rotatable bonds is 10. The van der Waals surface area contributed by atoms with Gasteiger partial charge in [-0.2, -0.15) is 0 Å². The van der Waals surface area contributed by atoms with Gasteiger partial charge >= 0.3 is 6.36 Å². The van der Waals surface area contributed by atoms with Crippen LogP contribution in [0.25, 0.3) is 11.1 Å². The van der Waals surface area contributed by atoms with Crippen molar-refractivity contribution in [2.75, 3.05) is 33.8 Å². The predicted molar refractivity (Wildman–Crippen MR) is 153 cm³/mol. The molecule has 1 aliphatic rings. The number of benzene rings is 3. The number of ether oxygens (including phenoxy) is 2. The van der Waals surface area contributed by atoms with Crippen molar-refractivity contribution in [2.24, 2.45) is 0 Å². The van der Waals surface area contributed by atoms with Crippen LogP contribution in [0.4, 0.5) is 13.2 Å². The molecule has 0 bridgehead atoms. The number of aromatic hydroxyl groups is 1. The molecule has 4 rings (SSSR count). The quantitative estimate of drug-likeness (QED) is 0.226. The lowest BCUT2D eigenvalue weighted by atomic mass is 9.88. The number of hydrogen-bond donors (Lipinski definition) is 2. The number of phenolic OH excluding ortho intramolecular Hbond substituents is 1. The first-order valence-electron chi connectivity index (χ1n) is 13.3. The number of likely N-dealkylation sites (N-methyl/N-ethyl adjacent to an activating group) is 1. The fourth-order valence-corrected chi connectivity index (χ4v) is 4.70. The SMILES string of the molecule is CN(C)C(=O)/C=C/CNCCOc1ccc(C2=C(c3ccc(OC(F)(F)F)cc3)CCCc3cc(O)ccc32)cc1. The summed E-state index contributed by atoms with van der Waals surface area (Å²) in [5.41, 5.74) is 5.71. The van der Waals surface area contributed by atoms with Crippen LogP contribution < -0.4 is 14.8 Å². The molecule has 0 saturated carbocycles. The first kappa shape index (κ1) is 29.7. The number of halogens is 3. The van der Waals surface area contributed by atoms with Crippen LogP contribution in [-0.2, 0) is 11.2 Å². The van der Waals surface area contributed by atoms with Gasteiger partial charge in [0.25, 0.3) is 0 Å². The summed E-state index contributed by atoms with van der Waals surface area (Å²) in [5, 5.41) is 13.3. The second-order valence-electron chi connectivity index (χ2n) is 9.83. The highest BCUT2D eigenvalue weighted by atomic mass is 19.4. The maximum atomic E-state index is 12.7. The highest BCUT2D eigenvalue weighted by molar-refractivity contribution is 6.00. The Labute approximate surface area is 237 Å². The molecule has 0 aromatic heterocycles. The molecular formula is C32H33F3N2O4. The molecule has 41 heavy (non-hydrogen) atoms. The molecule has 0 fully saturated rings. The number of hydrogen-bond acceptors (Lipinski definition) is 5. The van der Waals surface area contributed by atoms with Gasteiger partial charge < -0.3 is 24.8 Å². The van der Waals surface area contributed by atoms with Crippen LogP contribution in [0.5, 0.6) is 17.2 Å². The largest absolute Gasteiger partial charge is 0.573 e. The maximum absolute atomic E-state index is 12.7. The first-order valence-corrected chi connectivity index (χ1v) is 13.3. The van der Waals surface area contributed by atoms with Gasteiger partial charge in [0, 0.05) is 33.3 Å². The van der Waals surface area contributed by atoms with E-state index in [2.05, 4.69) is 10.1 Å².